The molecule has 0 saturated heterocycles. The zero-order valence-corrected chi connectivity index (χ0v) is 8.89. The normalized spacial score (nSPS) is 11.1. The summed E-state index contributed by atoms with van der Waals surface area (Å²) in [6, 6.07) is 15.8. The van der Waals surface area contributed by atoms with Gasteiger partial charge in [-0.2, -0.15) is 0 Å². The van der Waals surface area contributed by atoms with Gasteiger partial charge in [-0.3, -0.25) is 0 Å². The van der Waals surface area contributed by atoms with Gasteiger partial charge in [0.05, 0.1) is 0 Å². The summed E-state index contributed by atoms with van der Waals surface area (Å²) in [4.78, 5) is 0. The van der Waals surface area contributed by atoms with Crippen molar-refractivity contribution in [3.63, 3.8) is 0 Å². The SMILES string of the molecule is O=[P+](c1ccccc1)c1ccc(O)cc1. The minimum atomic E-state index is -1.54. The van der Waals surface area contributed by atoms with Crippen LogP contribution in [-0.4, -0.2) is 5.11 Å². The highest BCUT2D eigenvalue weighted by Gasteiger charge is 2.22. The second-order valence-electron chi connectivity index (χ2n) is 3.15. The number of hydrogen-bond donors (Lipinski definition) is 1. The van der Waals surface area contributed by atoms with Gasteiger partial charge < -0.3 is 5.11 Å². The molecule has 0 aromatic heterocycles. The van der Waals surface area contributed by atoms with Crippen LogP contribution in [0, 0.1) is 0 Å². The first-order chi connectivity index (χ1) is 7.27. The fraction of sp³-hybridized carbons (Fsp3) is 0. The summed E-state index contributed by atoms with van der Waals surface area (Å²) in [5.74, 6) is 0.190. The van der Waals surface area contributed by atoms with E-state index in [2.05, 4.69) is 0 Å². The number of phenols is 1. The van der Waals surface area contributed by atoms with E-state index >= 15 is 0 Å². The van der Waals surface area contributed by atoms with Crippen LogP contribution in [0.4, 0.5) is 0 Å². The van der Waals surface area contributed by atoms with E-state index in [4.69, 9.17) is 5.11 Å². The maximum atomic E-state index is 12.0. The molecule has 0 aliphatic carbocycles. The molecule has 0 amide bonds. The first-order valence-corrected chi connectivity index (χ1v) is 5.85. The molecule has 1 unspecified atom stereocenters. The molecule has 0 aliphatic rings. The molecule has 0 aliphatic heterocycles. The van der Waals surface area contributed by atoms with Gasteiger partial charge in [-0.05, 0) is 36.4 Å². The largest absolute Gasteiger partial charge is 0.508 e. The Hall–Kier alpha value is -1.66. The molecule has 1 N–H and O–H groups in total. The summed E-state index contributed by atoms with van der Waals surface area (Å²) in [6.45, 7) is 0. The molecule has 2 nitrogen and oxygen atoms in total. The van der Waals surface area contributed by atoms with Crippen molar-refractivity contribution in [2.75, 3.05) is 0 Å². The molecule has 0 spiro atoms. The number of benzene rings is 2. The van der Waals surface area contributed by atoms with Crippen molar-refractivity contribution < 1.29 is 9.67 Å². The maximum absolute atomic E-state index is 12.0. The quantitative estimate of drug-likeness (QED) is 0.783. The van der Waals surface area contributed by atoms with Gasteiger partial charge >= 0.3 is 7.80 Å². The predicted octanol–water partition coefficient (Wildman–Crippen LogP) is 2.17. The molecule has 0 radical (unpaired) electrons. The second kappa shape index (κ2) is 4.24. The summed E-state index contributed by atoms with van der Waals surface area (Å²) in [5, 5.41) is 10.6. The molecule has 2 aromatic carbocycles. The fourth-order valence-electron chi connectivity index (χ4n) is 1.30. The number of hydrogen-bond acceptors (Lipinski definition) is 2. The summed E-state index contributed by atoms with van der Waals surface area (Å²) >= 11 is 0. The molecule has 1 atom stereocenters. The van der Waals surface area contributed by atoms with Crippen LogP contribution in [0.1, 0.15) is 0 Å². The smallest absolute Gasteiger partial charge is 0.415 e. The molecule has 0 saturated carbocycles. The van der Waals surface area contributed by atoms with Crippen LogP contribution in [0.15, 0.2) is 54.6 Å². The average Bonchev–Trinajstić information content (AvgIpc) is 2.30. The highest BCUT2D eigenvalue weighted by Crippen LogP contribution is 2.20. The van der Waals surface area contributed by atoms with Crippen LogP contribution in [0.2, 0.25) is 0 Å². The van der Waals surface area contributed by atoms with Crippen LogP contribution in [0.5, 0.6) is 5.75 Å². The predicted molar refractivity (Wildman–Crippen MR) is 61.4 cm³/mol. The van der Waals surface area contributed by atoms with Gasteiger partial charge in [-0.1, -0.05) is 22.8 Å². The molecule has 2 rings (SSSR count). The summed E-state index contributed by atoms with van der Waals surface area (Å²) in [7, 11) is -1.54. The summed E-state index contributed by atoms with van der Waals surface area (Å²) in [6.07, 6.45) is 0. The van der Waals surface area contributed by atoms with E-state index in [1.165, 1.54) is 0 Å². The lowest BCUT2D eigenvalue weighted by Gasteiger charge is -1.90. The van der Waals surface area contributed by atoms with Gasteiger partial charge in [-0.15, -0.1) is 0 Å². The van der Waals surface area contributed by atoms with E-state index in [1.807, 2.05) is 30.3 Å². The Morgan fingerprint density at radius 1 is 0.800 bits per heavy atom. The Balaban J connectivity index is 2.33. The molecule has 0 fully saturated rings. The molecular formula is C12H10O2P+. The molecule has 15 heavy (non-hydrogen) atoms. The van der Waals surface area contributed by atoms with Gasteiger partial charge in [0.25, 0.3) is 0 Å². The van der Waals surface area contributed by atoms with Gasteiger partial charge in [0, 0.05) is 0 Å². The third-order valence-electron chi connectivity index (χ3n) is 2.07. The van der Waals surface area contributed by atoms with Gasteiger partial charge in [0.15, 0.2) is 10.6 Å². The highest BCUT2D eigenvalue weighted by molar-refractivity contribution is 7.61. The lowest BCUT2D eigenvalue weighted by molar-refractivity contribution is 0.475. The zero-order valence-electron chi connectivity index (χ0n) is 8.00. The lowest BCUT2D eigenvalue weighted by atomic mass is 10.3. The van der Waals surface area contributed by atoms with Crippen molar-refractivity contribution in [2.45, 2.75) is 0 Å². The van der Waals surface area contributed by atoms with E-state index < -0.39 is 7.80 Å². The highest BCUT2D eigenvalue weighted by atomic mass is 31.1. The first-order valence-electron chi connectivity index (χ1n) is 4.59. The standard InChI is InChI=1S/C12H9O2P/c13-10-6-8-12(9-7-10)15(14)11-4-2-1-3-5-11/h1-9H/p+1. The molecule has 0 bridgehead atoms. The molecule has 2 aromatic rings. The van der Waals surface area contributed by atoms with E-state index in [0.717, 1.165) is 10.6 Å². The Morgan fingerprint density at radius 2 is 1.33 bits per heavy atom. The summed E-state index contributed by atoms with van der Waals surface area (Å²) < 4.78 is 12.0. The topological polar surface area (TPSA) is 37.3 Å². The van der Waals surface area contributed by atoms with E-state index in [1.54, 1.807) is 24.3 Å². The third kappa shape index (κ3) is 2.23. The number of aromatic hydroxyl groups is 1. The van der Waals surface area contributed by atoms with Gasteiger partial charge in [0.2, 0.25) is 0 Å². The van der Waals surface area contributed by atoms with Crippen molar-refractivity contribution in [2.24, 2.45) is 0 Å². The van der Waals surface area contributed by atoms with E-state index in [0.29, 0.717) is 0 Å². The second-order valence-corrected chi connectivity index (χ2v) is 4.77. The Kier molecular flexibility index (Phi) is 2.79. The van der Waals surface area contributed by atoms with Gasteiger partial charge in [0.1, 0.15) is 5.75 Å². The summed E-state index contributed by atoms with van der Waals surface area (Å²) in [5.41, 5.74) is 0. The molecule has 3 heteroatoms. The van der Waals surface area contributed by atoms with Crippen molar-refractivity contribution in [3.05, 3.63) is 54.6 Å². The monoisotopic (exact) mass is 217 g/mol. The molecule has 74 valence electrons. The van der Waals surface area contributed by atoms with E-state index in [-0.39, 0.29) is 5.75 Å². The minimum absolute atomic E-state index is 0.190. The fourth-order valence-corrected chi connectivity index (χ4v) is 2.46. The van der Waals surface area contributed by atoms with Crippen LogP contribution in [0.25, 0.3) is 0 Å². The van der Waals surface area contributed by atoms with Gasteiger partial charge in [-0.25, -0.2) is 0 Å². The Labute approximate surface area is 89.0 Å². The minimum Gasteiger partial charge on any atom is -0.508 e. The van der Waals surface area contributed by atoms with Crippen LogP contribution in [0.3, 0.4) is 0 Å². The van der Waals surface area contributed by atoms with Crippen LogP contribution >= 0.6 is 7.80 Å². The van der Waals surface area contributed by atoms with Crippen LogP contribution < -0.4 is 10.6 Å². The molecular weight excluding hydrogens is 207 g/mol. The van der Waals surface area contributed by atoms with Crippen LogP contribution in [-0.2, 0) is 4.57 Å². The first kappa shape index (κ1) is 9.88. The van der Waals surface area contributed by atoms with Crippen molar-refractivity contribution >= 4 is 18.4 Å². The molecule has 0 heterocycles. The third-order valence-corrected chi connectivity index (χ3v) is 3.61. The number of phenolic OH excluding ortho intramolecular Hbond substituents is 1. The Bertz CT molecular complexity index is 463. The lowest BCUT2D eigenvalue weighted by Crippen LogP contribution is -2.05. The van der Waals surface area contributed by atoms with Crippen molar-refractivity contribution in [3.8, 4) is 5.75 Å². The maximum Gasteiger partial charge on any atom is 0.415 e. The van der Waals surface area contributed by atoms with E-state index in [9.17, 15) is 4.57 Å². The number of rotatable bonds is 2. The van der Waals surface area contributed by atoms with Crippen molar-refractivity contribution in [1.29, 1.82) is 0 Å². The zero-order chi connectivity index (χ0) is 10.7. The van der Waals surface area contributed by atoms with Crippen molar-refractivity contribution in [1.82, 2.24) is 0 Å². The average molecular weight is 217 g/mol. The Morgan fingerprint density at radius 3 is 1.93 bits per heavy atom.